The van der Waals surface area contributed by atoms with E-state index in [0.29, 0.717) is 5.92 Å². The average molecular weight is 261 g/mol. The average Bonchev–Trinajstić information content (AvgIpc) is 3.13. The molecule has 0 radical (unpaired) electrons. The normalized spacial score (nSPS) is 18.3. The molecular weight excluding hydrogens is 238 g/mol. The van der Waals surface area contributed by atoms with Crippen LogP contribution in [-0.2, 0) is 11.2 Å². The molecule has 0 bridgehead atoms. The van der Waals surface area contributed by atoms with Crippen LogP contribution in [0.2, 0.25) is 0 Å². The third-order valence-electron chi connectivity index (χ3n) is 4.01. The van der Waals surface area contributed by atoms with Crippen LogP contribution < -0.4 is 5.32 Å². The maximum atomic E-state index is 11.4. The van der Waals surface area contributed by atoms with E-state index in [1.54, 1.807) is 0 Å². The van der Waals surface area contributed by atoms with Crippen molar-refractivity contribution in [2.24, 2.45) is 11.3 Å². The molecule has 0 spiro atoms. The fourth-order valence-corrected chi connectivity index (χ4v) is 2.84. The summed E-state index contributed by atoms with van der Waals surface area (Å²) >= 11 is 0. The molecule has 2 rings (SSSR count). The van der Waals surface area contributed by atoms with E-state index in [4.69, 9.17) is 0 Å². The Bertz CT molecular complexity index is 446. The molecule has 1 unspecified atom stereocenters. The summed E-state index contributed by atoms with van der Waals surface area (Å²) in [5.41, 5.74) is 1.80. The van der Waals surface area contributed by atoms with Gasteiger partial charge in [0.15, 0.2) is 0 Å². The van der Waals surface area contributed by atoms with Gasteiger partial charge in [-0.1, -0.05) is 38.1 Å². The number of aliphatic carboxylic acids is 1. The maximum Gasteiger partial charge on any atom is 0.311 e. The zero-order valence-corrected chi connectivity index (χ0v) is 11.9. The Morgan fingerprint density at radius 3 is 2.26 bits per heavy atom. The molecule has 1 aromatic rings. The number of nitrogens with one attached hydrogen (secondary N) is 1. The second kappa shape index (κ2) is 5.33. The van der Waals surface area contributed by atoms with Crippen LogP contribution in [0.3, 0.4) is 0 Å². The molecule has 19 heavy (non-hydrogen) atoms. The van der Waals surface area contributed by atoms with Crippen LogP contribution in [0, 0.1) is 11.3 Å². The summed E-state index contributed by atoms with van der Waals surface area (Å²) < 4.78 is 0. The Kier molecular flexibility index (Phi) is 3.95. The van der Waals surface area contributed by atoms with E-state index in [0.717, 1.165) is 24.8 Å². The number of carboxylic acid groups (broad SMARTS) is 1. The van der Waals surface area contributed by atoms with E-state index in [1.165, 1.54) is 5.56 Å². The summed E-state index contributed by atoms with van der Waals surface area (Å²) in [6.07, 6.45) is 2.59. The fraction of sp³-hybridized carbons (Fsp3) is 0.562. The second-order valence-corrected chi connectivity index (χ2v) is 6.02. The molecule has 0 amide bonds. The molecule has 1 saturated carbocycles. The van der Waals surface area contributed by atoms with Gasteiger partial charge in [0.25, 0.3) is 0 Å². The smallest absolute Gasteiger partial charge is 0.311 e. The van der Waals surface area contributed by atoms with Gasteiger partial charge in [-0.05, 0) is 43.4 Å². The second-order valence-electron chi connectivity index (χ2n) is 6.02. The van der Waals surface area contributed by atoms with Gasteiger partial charge in [0, 0.05) is 6.04 Å². The molecule has 1 fully saturated rings. The third-order valence-corrected chi connectivity index (χ3v) is 4.01. The molecule has 1 aromatic carbocycles. The van der Waals surface area contributed by atoms with Crippen LogP contribution >= 0.6 is 0 Å². The molecule has 3 nitrogen and oxygen atoms in total. The van der Waals surface area contributed by atoms with Crippen molar-refractivity contribution in [3.63, 3.8) is 0 Å². The zero-order chi connectivity index (χ0) is 14.0. The molecule has 2 N–H and O–H groups in total. The van der Waals surface area contributed by atoms with Gasteiger partial charge < -0.3 is 10.4 Å². The van der Waals surface area contributed by atoms with Crippen molar-refractivity contribution in [3.05, 3.63) is 35.4 Å². The Balaban J connectivity index is 2.18. The van der Waals surface area contributed by atoms with Gasteiger partial charge in [-0.25, -0.2) is 0 Å². The summed E-state index contributed by atoms with van der Waals surface area (Å²) in [6, 6.07) is 8.30. The lowest BCUT2D eigenvalue weighted by molar-refractivity contribution is -0.144. The SMILES string of the molecule is CNC(c1ccc(CC(C)C)cc1)C1(C(=O)O)CC1. The van der Waals surface area contributed by atoms with Crippen molar-refractivity contribution < 1.29 is 9.90 Å². The highest BCUT2D eigenvalue weighted by molar-refractivity contribution is 5.79. The van der Waals surface area contributed by atoms with Crippen molar-refractivity contribution in [1.29, 1.82) is 0 Å². The molecule has 0 aromatic heterocycles. The summed E-state index contributed by atoms with van der Waals surface area (Å²) in [4.78, 5) is 11.4. The van der Waals surface area contributed by atoms with Crippen LogP contribution in [0.4, 0.5) is 0 Å². The van der Waals surface area contributed by atoms with Gasteiger partial charge in [-0.3, -0.25) is 4.79 Å². The van der Waals surface area contributed by atoms with Crippen LogP contribution in [0.5, 0.6) is 0 Å². The van der Waals surface area contributed by atoms with Crippen molar-refractivity contribution in [3.8, 4) is 0 Å². The van der Waals surface area contributed by atoms with E-state index >= 15 is 0 Å². The Morgan fingerprint density at radius 1 is 1.32 bits per heavy atom. The lowest BCUT2D eigenvalue weighted by atomic mass is 9.89. The quantitative estimate of drug-likeness (QED) is 0.827. The maximum absolute atomic E-state index is 11.4. The predicted octanol–water partition coefficient (Wildman–Crippen LogP) is 3.01. The first-order valence-corrected chi connectivity index (χ1v) is 6.99. The number of hydrogen-bond acceptors (Lipinski definition) is 2. The largest absolute Gasteiger partial charge is 0.481 e. The van der Waals surface area contributed by atoms with E-state index < -0.39 is 11.4 Å². The van der Waals surface area contributed by atoms with Crippen LogP contribution in [-0.4, -0.2) is 18.1 Å². The van der Waals surface area contributed by atoms with Crippen LogP contribution in [0.25, 0.3) is 0 Å². The van der Waals surface area contributed by atoms with Crippen LogP contribution in [0.1, 0.15) is 43.9 Å². The monoisotopic (exact) mass is 261 g/mol. The third kappa shape index (κ3) is 2.81. The molecule has 104 valence electrons. The minimum atomic E-state index is -0.682. The Labute approximate surface area is 115 Å². The Hall–Kier alpha value is -1.35. The zero-order valence-electron chi connectivity index (χ0n) is 11.9. The van der Waals surface area contributed by atoms with Gasteiger partial charge >= 0.3 is 5.97 Å². The lowest BCUT2D eigenvalue weighted by Crippen LogP contribution is -2.32. The standard InChI is InChI=1S/C16H23NO2/c1-11(2)10-12-4-6-13(7-5-12)14(17-3)16(8-9-16)15(18)19/h4-7,11,14,17H,8-10H2,1-3H3,(H,18,19). The number of benzene rings is 1. The van der Waals surface area contributed by atoms with E-state index in [9.17, 15) is 9.90 Å². The first kappa shape index (κ1) is 14.1. The summed E-state index contributed by atoms with van der Waals surface area (Å²) in [5.74, 6) is -0.0437. The van der Waals surface area contributed by atoms with Crippen LogP contribution in [0.15, 0.2) is 24.3 Å². The van der Waals surface area contributed by atoms with E-state index in [2.05, 4.69) is 43.4 Å². The van der Waals surface area contributed by atoms with Crippen molar-refractivity contribution in [2.45, 2.75) is 39.2 Å². The predicted molar refractivity (Wildman–Crippen MR) is 76.1 cm³/mol. The number of carbonyl (C=O) groups is 1. The highest BCUT2D eigenvalue weighted by atomic mass is 16.4. The highest BCUT2D eigenvalue weighted by Gasteiger charge is 2.56. The van der Waals surface area contributed by atoms with Gasteiger partial charge in [0.05, 0.1) is 5.41 Å². The minimum absolute atomic E-state index is 0.0851. The first-order valence-electron chi connectivity index (χ1n) is 6.99. The topological polar surface area (TPSA) is 49.3 Å². The van der Waals surface area contributed by atoms with Gasteiger partial charge in [0.2, 0.25) is 0 Å². The molecule has 1 aliphatic rings. The Morgan fingerprint density at radius 2 is 1.89 bits per heavy atom. The molecule has 1 atom stereocenters. The molecule has 0 heterocycles. The molecule has 1 aliphatic carbocycles. The van der Waals surface area contributed by atoms with Crippen molar-refractivity contribution in [2.75, 3.05) is 7.05 Å². The number of rotatable bonds is 6. The lowest BCUT2D eigenvalue weighted by Gasteiger charge is -2.24. The summed E-state index contributed by atoms with van der Waals surface area (Å²) in [6.45, 7) is 4.40. The molecule has 0 saturated heterocycles. The van der Waals surface area contributed by atoms with E-state index in [1.807, 2.05) is 7.05 Å². The molecule has 3 heteroatoms. The fourth-order valence-electron chi connectivity index (χ4n) is 2.84. The number of hydrogen-bond donors (Lipinski definition) is 2. The first-order chi connectivity index (χ1) is 8.99. The highest BCUT2D eigenvalue weighted by Crippen LogP contribution is 2.55. The van der Waals surface area contributed by atoms with Crippen molar-refractivity contribution in [1.82, 2.24) is 5.32 Å². The van der Waals surface area contributed by atoms with Gasteiger partial charge in [0.1, 0.15) is 0 Å². The minimum Gasteiger partial charge on any atom is -0.481 e. The molecule has 0 aliphatic heterocycles. The summed E-state index contributed by atoms with van der Waals surface area (Å²) in [5, 5.41) is 12.6. The number of carboxylic acids is 1. The van der Waals surface area contributed by atoms with E-state index in [-0.39, 0.29) is 6.04 Å². The van der Waals surface area contributed by atoms with Gasteiger partial charge in [-0.2, -0.15) is 0 Å². The summed E-state index contributed by atoms with van der Waals surface area (Å²) in [7, 11) is 1.84. The molecular formula is C16H23NO2. The van der Waals surface area contributed by atoms with Crippen molar-refractivity contribution >= 4 is 5.97 Å². The van der Waals surface area contributed by atoms with Gasteiger partial charge in [-0.15, -0.1) is 0 Å².